The molecule has 2 rings (SSSR count). The van der Waals surface area contributed by atoms with Crippen LogP contribution in [0.5, 0.6) is 0 Å². The van der Waals surface area contributed by atoms with Gasteiger partial charge in [0.05, 0.1) is 0 Å². The molecule has 0 unspecified atom stereocenters. The molecule has 1 aromatic carbocycles. The van der Waals surface area contributed by atoms with Crippen LogP contribution in [0.1, 0.15) is 72.9 Å². The maximum Gasteiger partial charge on any atom is -0.0328 e. The Morgan fingerprint density at radius 2 is 1.17 bits per heavy atom. The lowest BCUT2D eigenvalue weighted by molar-refractivity contribution is 0.551. The van der Waals surface area contributed by atoms with Gasteiger partial charge in [-0.05, 0) is 32.1 Å². The van der Waals surface area contributed by atoms with Crippen LogP contribution in [0, 0.1) is 19.3 Å². The molecule has 1 fully saturated rings. The van der Waals surface area contributed by atoms with Crippen molar-refractivity contribution in [1.29, 1.82) is 0 Å². The zero-order chi connectivity index (χ0) is 12.6. The van der Waals surface area contributed by atoms with E-state index in [-0.39, 0.29) is 14.9 Å². The van der Waals surface area contributed by atoms with E-state index in [1.54, 1.807) is 0 Å². The van der Waals surface area contributed by atoms with Crippen LogP contribution in [0.4, 0.5) is 0 Å². The van der Waals surface area contributed by atoms with E-state index in [9.17, 15) is 0 Å². The van der Waals surface area contributed by atoms with Gasteiger partial charge in [0.25, 0.3) is 0 Å². The topological polar surface area (TPSA) is 0 Å². The van der Waals surface area contributed by atoms with Crippen LogP contribution in [0.3, 0.4) is 0 Å². The number of aryl methyl sites for hydroxylation is 2. The summed E-state index contributed by atoms with van der Waals surface area (Å²) in [6.45, 7) is 12.8. The Labute approximate surface area is 117 Å². The molecule has 0 amide bonds. The van der Waals surface area contributed by atoms with Crippen molar-refractivity contribution in [3.05, 3.63) is 35.4 Å². The van der Waals surface area contributed by atoms with Gasteiger partial charge in [0, 0.05) is 0 Å². The molecule has 0 N–H and O–H groups in total. The van der Waals surface area contributed by atoms with Crippen LogP contribution in [0.2, 0.25) is 0 Å². The number of hydrogen-bond donors (Lipinski definition) is 0. The second kappa shape index (κ2) is 11.3. The lowest BCUT2D eigenvalue weighted by Gasteiger charge is -1.96. The molecule has 18 heavy (non-hydrogen) atoms. The van der Waals surface area contributed by atoms with E-state index in [1.807, 2.05) is 13.8 Å². The van der Waals surface area contributed by atoms with Crippen molar-refractivity contribution in [2.75, 3.05) is 0 Å². The Morgan fingerprint density at radius 3 is 1.28 bits per heavy atom. The van der Waals surface area contributed by atoms with Crippen molar-refractivity contribution < 1.29 is 0 Å². The van der Waals surface area contributed by atoms with Gasteiger partial charge in [-0.15, -0.1) is 0 Å². The van der Waals surface area contributed by atoms with Crippen LogP contribution < -0.4 is 0 Å². The highest BCUT2D eigenvalue weighted by Gasteiger charge is 2.34. The minimum atomic E-state index is 0. The standard InChI is InChI=1S/C8H10.C6H12.C2H6.2CH4/c1-7-3-5-8(2)6-4-7;1-3-6(2)4-5-6;1-2;;/h3-6H,1-2H3;3-5H2,1-2H3;1-2H3;2*1H4. The smallest absolute Gasteiger partial charge is 0.0328 e. The Hall–Kier alpha value is -0.780. The average Bonchev–Trinajstić information content (AvgIpc) is 3.06. The molecule has 0 aliphatic heterocycles. The summed E-state index contributed by atoms with van der Waals surface area (Å²) in [6, 6.07) is 8.48. The van der Waals surface area contributed by atoms with E-state index in [1.165, 1.54) is 30.4 Å². The third-order valence-electron chi connectivity index (χ3n) is 3.18. The third kappa shape index (κ3) is 10.4. The molecule has 0 bridgehead atoms. The first kappa shape index (κ1) is 22.4. The molecule has 108 valence electrons. The largest absolute Gasteiger partial charge is 0.0776 e. The predicted octanol–water partition coefficient (Wildman–Crippen LogP) is 6.80. The highest BCUT2D eigenvalue weighted by atomic mass is 14.4. The van der Waals surface area contributed by atoms with E-state index in [4.69, 9.17) is 0 Å². The summed E-state index contributed by atoms with van der Waals surface area (Å²) in [5, 5.41) is 0. The van der Waals surface area contributed by atoms with Gasteiger partial charge in [0.1, 0.15) is 0 Å². The number of rotatable bonds is 1. The van der Waals surface area contributed by atoms with Crippen molar-refractivity contribution >= 4 is 0 Å². The molecule has 1 aliphatic rings. The summed E-state index contributed by atoms with van der Waals surface area (Å²) in [6.07, 6.45) is 4.33. The molecule has 0 saturated heterocycles. The van der Waals surface area contributed by atoms with E-state index in [2.05, 4.69) is 52.0 Å². The normalized spacial score (nSPS) is 13.4. The highest BCUT2D eigenvalue weighted by molar-refractivity contribution is 5.19. The summed E-state index contributed by atoms with van der Waals surface area (Å²) >= 11 is 0. The predicted molar refractivity (Wildman–Crippen MR) is 88.4 cm³/mol. The van der Waals surface area contributed by atoms with Crippen molar-refractivity contribution in [2.24, 2.45) is 5.41 Å². The first-order valence-corrected chi connectivity index (χ1v) is 6.59. The van der Waals surface area contributed by atoms with Crippen LogP contribution in [0.15, 0.2) is 24.3 Å². The summed E-state index contributed by atoms with van der Waals surface area (Å²) < 4.78 is 0. The lowest BCUT2D eigenvalue weighted by atomic mass is 10.1. The molecule has 0 aromatic heterocycles. The van der Waals surface area contributed by atoms with Gasteiger partial charge in [-0.25, -0.2) is 0 Å². The zero-order valence-corrected chi connectivity index (χ0v) is 11.9. The van der Waals surface area contributed by atoms with Crippen LogP contribution in [-0.2, 0) is 0 Å². The first-order valence-electron chi connectivity index (χ1n) is 6.59. The van der Waals surface area contributed by atoms with Crippen LogP contribution in [-0.4, -0.2) is 0 Å². The molecule has 1 aliphatic carbocycles. The summed E-state index contributed by atoms with van der Waals surface area (Å²) in [7, 11) is 0. The van der Waals surface area contributed by atoms with Gasteiger partial charge in [-0.2, -0.15) is 0 Å². The first-order chi connectivity index (χ1) is 7.56. The number of benzene rings is 1. The average molecular weight is 252 g/mol. The van der Waals surface area contributed by atoms with E-state index < -0.39 is 0 Å². The Morgan fingerprint density at radius 1 is 0.889 bits per heavy atom. The zero-order valence-electron chi connectivity index (χ0n) is 11.9. The van der Waals surface area contributed by atoms with Gasteiger partial charge in [0.15, 0.2) is 0 Å². The third-order valence-corrected chi connectivity index (χ3v) is 3.18. The maximum atomic E-state index is 2.35. The number of hydrogen-bond acceptors (Lipinski definition) is 0. The molecule has 1 saturated carbocycles. The van der Waals surface area contributed by atoms with Crippen molar-refractivity contribution in [3.8, 4) is 0 Å². The monoisotopic (exact) mass is 252 g/mol. The van der Waals surface area contributed by atoms with Crippen molar-refractivity contribution in [1.82, 2.24) is 0 Å². The molecule has 0 radical (unpaired) electrons. The second-order valence-corrected chi connectivity index (χ2v) is 4.82. The fourth-order valence-electron chi connectivity index (χ4n) is 1.20. The maximum absolute atomic E-state index is 2.35. The van der Waals surface area contributed by atoms with E-state index in [0.717, 1.165) is 5.41 Å². The minimum absolute atomic E-state index is 0. The fraction of sp³-hybridized carbons (Fsp3) is 0.667. The Bertz CT molecular complexity index is 244. The van der Waals surface area contributed by atoms with Crippen molar-refractivity contribution in [3.63, 3.8) is 0 Å². The summed E-state index contributed by atoms with van der Waals surface area (Å²) in [5.74, 6) is 0. The van der Waals surface area contributed by atoms with Gasteiger partial charge in [0.2, 0.25) is 0 Å². The molecular formula is C18H36. The molecule has 0 heteroatoms. The highest BCUT2D eigenvalue weighted by Crippen LogP contribution is 2.47. The molecule has 1 aromatic rings. The summed E-state index contributed by atoms with van der Waals surface area (Å²) in [4.78, 5) is 0. The Balaban J connectivity index is -0.000000204. The Kier molecular flexibility index (Phi) is 14.1. The van der Waals surface area contributed by atoms with Crippen LogP contribution in [0.25, 0.3) is 0 Å². The molecule has 0 heterocycles. The molecule has 0 atom stereocenters. The lowest BCUT2D eigenvalue weighted by Crippen LogP contribution is -1.84. The quantitative estimate of drug-likeness (QED) is 0.515. The van der Waals surface area contributed by atoms with Gasteiger partial charge in [-0.1, -0.05) is 84.4 Å². The SMILES string of the molecule is C.C.CC.CCC1(C)CC1.Cc1ccc(C)cc1. The second-order valence-electron chi connectivity index (χ2n) is 4.82. The van der Waals surface area contributed by atoms with Gasteiger partial charge >= 0.3 is 0 Å². The fourth-order valence-corrected chi connectivity index (χ4v) is 1.20. The van der Waals surface area contributed by atoms with E-state index >= 15 is 0 Å². The van der Waals surface area contributed by atoms with Crippen LogP contribution >= 0.6 is 0 Å². The molecule has 0 nitrogen and oxygen atoms in total. The van der Waals surface area contributed by atoms with Gasteiger partial charge < -0.3 is 0 Å². The minimum Gasteiger partial charge on any atom is -0.0776 e. The van der Waals surface area contributed by atoms with E-state index in [0.29, 0.717) is 0 Å². The summed E-state index contributed by atoms with van der Waals surface area (Å²) in [5.41, 5.74) is 3.45. The molecular weight excluding hydrogens is 216 g/mol. The molecule has 0 spiro atoms. The van der Waals surface area contributed by atoms with Crippen molar-refractivity contribution in [2.45, 2.75) is 75.7 Å². The van der Waals surface area contributed by atoms with Gasteiger partial charge in [-0.3, -0.25) is 0 Å².